The second-order valence-corrected chi connectivity index (χ2v) is 21.7. The SMILES string of the molecule is CCCCCCCCCCC/C=C/CC/C=C/CC/C=C/CCCC(O)C(O)C(CO)NC(=O)C(O)CCCCCCCCCCCCCCCCCC/C=C\C/C=C\CCCCCCCCCCCCC. The first-order valence-electron chi connectivity index (χ1n) is 31.7. The minimum absolute atomic E-state index is 0.358. The number of aliphatic hydroxyl groups is 4. The van der Waals surface area contributed by atoms with Gasteiger partial charge in [0.15, 0.2) is 0 Å². The van der Waals surface area contributed by atoms with Crippen molar-refractivity contribution < 1.29 is 25.2 Å². The molecule has 4 unspecified atom stereocenters. The number of allylic oxidation sites excluding steroid dienone is 10. The van der Waals surface area contributed by atoms with E-state index in [9.17, 15) is 25.2 Å². The number of nitrogens with one attached hydrogen (secondary N) is 1. The minimum atomic E-state index is -1.30. The molecule has 422 valence electrons. The van der Waals surface area contributed by atoms with Crippen molar-refractivity contribution in [3.05, 3.63) is 60.8 Å². The topological polar surface area (TPSA) is 110 Å². The zero-order valence-electron chi connectivity index (χ0n) is 47.9. The van der Waals surface area contributed by atoms with Crippen LogP contribution in [0.3, 0.4) is 0 Å². The highest BCUT2D eigenvalue weighted by molar-refractivity contribution is 5.80. The van der Waals surface area contributed by atoms with Crippen molar-refractivity contribution in [1.29, 1.82) is 0 Å². The molecule has 0 fully saturated rings. The summed E-state index contributed by atoms with van der Waals surface area (Å²) in [7, 11) is 0. The van der Waals surface area contributed by atoms with Crippen molar-refractivity contribution >= 4 is 5.91 Å². The van der Waals surface area contributed by atoms with Crippen LogP contribution < -0.4 is 5.32 Å². The summed E-state index contributed by atoms with van der Waals surface area (Å²) < 4.78 is 0. The zero-order valence-corrected chi connectivity index (χ0v) is 47.9. The van der Waals surface area contributed by atoms with Crippen LogP contribution in [0.1, 0.15) is 322 Å². The first-order valence-corrected chi connectivity index (χ1v) is 31.7. The van der Waals surface area contributed by atoms with Crippen molar-refractivity contribution in [2.45, 2.75) is 346 Å². The Kier molecular flexibility index (Phi) is 58.2. The Morgan fingerprint density at radius 1 is 0.347 bits per heavy atom. The number of rotatable bonds is 58. The van der Waals surface area contributed by atoms with Crippen LogP contribution in [0.5, 0.6) is 0 Å². The Balaban J connectivity index is 3.64. The number of carbonyl (C=O) groups is 1. The summed E-state index contributed by atoms with van der Waals surface area (Å²) in [5.41, 5.74) is 0. The van der Waals surface area contributed by atoms with E-state index in [-0.39, 0.29) is 0 Å². The molecule has 0 saturated carbocycles. The minimum Gasteiger partial charge on any atom is -0.394 e. The molecule has 0 spiro atoms. The number of hydrogen-bond acceptors (Lipinski definition) is 5. The van der Waals surface area contributed by atoms with Crippen LogP contribution in [0.2, 0.25) is 0 Å². The van der Waals surface area contributed by atoms with Crippen molar-refractivity contribution in [3.8, 4) is 0 Å². The molecule has 0 aliphatic heterocycles. The molecule has 0 aromatic rings. The molecule has 0 aromatic heterocycles. The monoisotopic (exact) mass is 1010 g/mol. The van der Waals surface area contributed by atoms with Gasteiger partial charge in [0, 0.05) is 0 Å². The van der Waals surface area contributed by atoms with Gasteiger partial charge in [-0.1, -0.05) is 286 Å². The molecule has 0 aliphatic rings. The summed E-state index contributed by atoms with van der Waals surface area (Å²) in [6, 6.07) is -1.01. The van der Waals surface area contributed by atoms with E-state index in [1.807, 2.05) is 0 Å². The molecule has 0 aromatic carbocycles. The highest BCUT2D eigenvalue weighted by atomic mass is 16.3. The predicted molar refractivity (Wildman–Crippen MR) is 316 cm³/mol. The van der Waals surface area contributed by atoms with Crippen LogP contribution in [-0.2, 0) is 4.79 Å². The Hall–Kier alpha value is -1.99. The van der Waals surface area contributed by atoms with Gasteiger partial charge in [-0.05, 0) is 96.3 Å². The van der Waals surface area contributed by atoms with E-state index in [0.717, 1.165) is 57.8 Å². The number of carbonyl (C=O) groups excluding carboxylic acids is 1. The summed E-state index contributed by atoms with van der Waals surface area (Å²) >= 11 is 0. The van der Waals surface area contributed by atoms with Gasteiger partial charge in [0.1, 0.15) is 12.2 Å². The number of amides is 1. The predicted octanol–water partition coefficient (Wildman–Crippen LogP) is 19.1. The lowest BCUT2D eigenvalue weighted by Gasteiger charge is -2.27. The Bertz CT molecular complexity index is 1230. The summed E-state index contributed by atoms with van der Waals surface area (Å²) in [4.78, 5) is 12.6. The molecular weight excluding hydrogens is 887 g/mol. The molecule has 6 nitrogen and oxygen atoms in total. The largest absolute Gasteiger partial charge is 0.394 e. The maximum atomic E-state index is 12.6. The van der Waals surface area contributed by atoms with Crippen molar-refractivity contribution in [1.82, 2.24) is 5.32 Å². The van der Waals surface area contributed by atoms with Gasteiger partial charge in [-0.2, -0.15) is 0 Å². The normalized spacial score (nSPS) is 14.0. The summed E-state index contributed by atoms with van der Waals surface area (Å²) in [6.45, 7) is 4.07. The van der Waals surface area contributed by atoms with Gasteiger partial charge in [0.25, 0.3) is 0 Å². The third-order valence-corrected chi connectivity index (χ3v) is 14.7. The Morgan fingerprint density at radius 3 is 0.958 bits per heavy atom. The van der Waals surface area contributed by atoms with Crippen molar-refractivity contribution in [2.75, 3.05) is 6.61 Å². The second kappa shape index (κ2) is 59.9. The molecule has 5 N–H and O–H groups in total. The van der Waals surface area contributed by atoms with E-state index >= 15 is 0 Å². The maximum absolute atomic E-state index is 12.6. The molecule has 0 heterocycles. The summed E-state index contributed by atoms with van der Waals surface area (Å²) in [6.07, 6.45) is 78.9. The average Bonchev–Trinajstić information content (AvgIpc) is 3.39. The van der Waals surface area contributed by atoms with Gasteiger partial charge >= 0.3 is 0 Å². The quantitative estimate of drug-likeness (QED) is 0.0308. The van der Waals surface area contributed by atoms with Gasteiger partial charge < -0.3 is 25.7 Å². The van der Waals surface area contributed by atoms with Crippen LogP contribution in [0.15, 0.2) is 60.8 Å². The fourth-order valence-corrected chi connectivity index (χ4v) is 9.71. The van der Waals surface area contributed by atoms with Gasteiger partial charge in [0.05, 0.1) is 18.8 Å². The van der Waals surface area contributed by atoms with Crippen LogP contribution in [0.25, 0.3) is 0 Å². The molecule has 0 radical (unpaired) electrons. The summed E-state index contributed by atoms with van der Waals surface area (Å²) in [5.74, 6) is -0.597. The van der Waals surface area contributed by atoms with E-state index in [4.69, 9.17) is 0 Å². The lowest BCUT2D eigenvalue weighted by Crippen LogP contribution is -2.53. The molecule has 0 aliphatic carbocycles. The lowest BCUT2D eigenvalue weighted by molar-refractivity contribution is -0.132. The molecule has 6 heteroatoms. The first kappa shape index (κ1) is 70.0. The van der Waals surface area contributed by atoms with Gasteiger partial charge in [-0.25, -0.2) is 0 Å². The number of hydrogen-bond donors (Lipinski definition) is 5. The van der Waals surface area contributed by atoms with E-state index in [1.165, 1.54) is 231 Å². The third-order valence-electron chi connectivity index (χ3n) is 14.7. The highest BCUT2D eigenvalue weighted by Crippen LogP contribution is 2.17. The number of aliphatic hydroxyl groups excluding tert-OH is 4. The Labute approximate surface area is 448 Å². The van der Waals surface area contributed by atoms with Crippen LogP contribution in [0.4, 0.5) is 0 Å². The molecule has 0 rings (SSSR count). The fourth-order valence-electron chi connectivity index (χ4n) is 9.71. The van der Waals surface area contributed by atoms with Crippen molar-refractivity contribution in [3.63, 3.8) is 0 Å². The van der Waals surface area contributed by atoms with Crippen LogP contribution >= 0.6 is 0 Å². The first-order chi connectivity index (χ1) is 35.5. The number of unbranched alkanes of at least 4 members (excludes halogenated alkanes) is 39. The lowest BCUT2D eigenvalue weighted by atomic mass is 10.00. The van der Waals surface area contributed by atoms with Gasteiger partial charge in [-0.15, -0.1) is 0 Å². The maximum Gasteiger partial charge on any atom is 0.249 e. The standard InChI is InChI=1S/C66H123NO5/c1-3-5-7-9-11-13-15-17-19-21-23-25-27-28-29-30-31-32-33-34-35-36-37-38-40-42-44-46-48-50-52-54-56-58-60-64(70)66(72)67-62(61-68)65(71)63(69)59-57-55-53-51-49-47-45-43-41-39-26-24-22-20-18-16-14-12-10-8-6-4-2/h24,26-28,30-31,43,45,51,53,62-65,68-71H,3-23,25,29,32-42,44,46-50,52,54-61H2,1-2H3,(H,67,72)/b26-24+,28-27-,31-30-,45-43+,53-51+. The van der Waals surface area contributed by atoms with Gasteiger partial charge in [0.2, 0.25) is 5.91 Å². The third kappa shape index (κ3) is 52.9. The second-order valence-electron chi connectivity index (χ2n) is 21.7. The smallest absolute Gasteiger partial charge is 0.249 e. The van der Waals surface area contributed by atoms with E-state index in [2.05, 4.69) is 79.9 Å². The Morgan fingerprint density at radius 2 is 0.625 bits per heavy atom. The molecule has 0 saturated heterocycles. The van der Waals surface area contributed by atoms with E-state index in [1.54, 1.807) is 0 Å². The average molecular weight is 1010 g/mol. The molecule has 1 amide bonds. The van der Waals surface area contributed by atoms with Crippen LogP contribution in [0, 0.1) is 0 Å². The molecule has 0 bridgehead atoms. The van der Waals surface area contributed by atoms with E-state index in [0.29, 0.717) is 19.3 Å². The highest BCUT2D eigenvalue weighted by Gasteiger charge is 2.28. The van der Waals surface area contributed by atoms with Gasteiger partial charge in [-0.3, -0.25) is 4.79 Å². The molecule has 72 heavy (non-hydrogen) atoms. The molecule has 4 atom stereocenters. The fraction of sp³-hybridized carbons (Fsp3) is 0.833. The van der Waals surface area contributed by atoms with E-state index < -0.39 is 36.9 Å². The van der Waals surface area contributed by atoms with Crippen molar-refractivity contribution in [2.24, 2.45) is 0 Å². The summed E-state index contributed by atoms with van der Waals surface area (Å²) in [5, 5.41) is 44.0. The zero-order chi connectivity index (χ0) is 52.3. The van der Waals surface area contributed by atoms with Crippen LogP contribution in [-0.4, -0.2) is 57.3 Å². The molecular formula is C66H123NO5.